The lowest BCUT2D eigenvalue weighted by Gasteiger charge is -2.35. The molecule has 2 aromatic carbocycles. The molecular formula is C20H24N2O2. The van der Waals surface area contributed by atoms with E-state index >= 15 is 0 Å². The van der Waals surface area contributed by atoms with Crippen molar-refractivity contribution in [1.82, 2.24) is 4.90 Å². The Labute approximate surface area is 143 Å². The Morgan fingerprint density at radius 3 is 2.75 bits per heavy atom. The van der Waals surface area contributed by atoms with Crippen molar-refractivity contribution in [3.05, 3.63) is 65.2 Å². The van der Waals surface area contributed by atoms with Crippen molar-refractivity contribution >= 4 is 5.91 Å². The average molecular weight is 324 g/mol. The van der Waals surface area contributed by atoms with Crippen molar-refractivity contribution in [2.24, 2.45) is 5.73 Å². The Kier molecular flexibility index (Phi) is 5.16. The van der Waals surface area contributed by atoms with E-state index in [9.17, 15) is 4.79 Å². The zero-order valence-electron chi connectivity index (χ0n) is 14.1. The van der Waals surface area contributed by atoms with E-state index in [0.29, 0.717) is 13.0 Å². The van der Waals surface area contributed by atoms with E-state index < -0.39 is 0 Å². The predicted molar refractivity (Wildman–Crippen MR) is 94.8 cm³/mol. The zero-order valence-corrected chi connectivity index (χ0v) is 14.1. The molecule has 0 bridgehead atoms. The van der Waals surface area contributed by atoms with E-state index in [4.69, 9.17) is 10.5 Å². The highest BCUT2D eigenvalue weighted by atomic mass is 16.5. The molecular weight excluding hydrogens is 300 g/mol. The third-order valence-electron chi connectivity index (χ3n) is 4.52. The summed E-state index contributed by atoms with van der Waals surface area (Å²) in [7, 11) is 0. The Balaban J connectivity index is 1.56. The van der Waals surface area contributed by atoms with E-state index in [2.05, 4.69) is 30.0 Å². The van der Waals surface area contributed by atoms with Gasteiger partial charge in [0.05, 0.1) is 12.6 Å². The van der Waals surface area contributed by atoms with Gasteiger partial charge in [-0.05, 0) is 48.6 Å². The van der Waals surface area contributed by atoms with Gasteiger partial charge in [-0.1, -0.05) is 36.4 Å². The van der Waals surface area contributed by atoms with Crippen LogP contribution < -0.4 is 10.5 Å². The number of carbonyl (C=O) groups is 1. The maximum absolute atomic E-state index is 11.8. The minimum Gasteiger partial charge on any atom is -0.494 e. The molecule has 4 nitrogen and oxygen atoms in total. The average Bonchev–Trinajstić information content (AvgIpc) is 2.58. The molecule has 1 unspecified atom stereocenters. The van der Waals surface area contributed by atoms with Gasteiger partial charge in [-0.3, -0.25) is 9.69 Å². The number of aryl methyl sites for hydroxylation is 1. The second-order valence-electron chi connectivity index (χ2n) is 6.38. The number of benzene rings is 2. The minimum absolute atomic E-state index is 0.223. The molecule has 1 aliphatic heterocycles. The van der Waals surface area contributed by atoms with E-state index in [0.717, 1.165) is 25.3 Å². The molecule has 0 fully saturated rings. The number of ether oxygens (including phenoxy) is 1. The molecule has 0 aromatic heterocycles. The number of primary amides is 1. The molecule has 0 radical (unpaired) electrons. The van der Waals surface area contributed by atoms with Crippen LogP contribution in [0.4, 0.5) is 0 Å². The van der Waals surface area contributed by atoms with E-state index in [1.54, 1.807) is 0 Å². The fourth-order valence-corrected chi connectivity index (χ4v) is 3.26. The molecule has 126 valence electrons. The van der Waals surface area contributed by atoms with Crippen LogP contribution in [0, 0.1) is 6.92 Å². The summed E-state index contributed by atoms with van der Waals surface area (Å²) in [4.78, 5) is 14.0. The molecule has 1 atom stereocenters. The Bertz CT molecular complexity index is 714. The van der Waals surface area contributed by atoms with Gasteiger partial charge in [-0.2, -0.15) is 0 Å². The van der Waals surface area contributed by atoms with Crippen LogP contribution >= 0.6 is 0 Å². The fraction of sp³-hybridized carbons (Fsp3) is 0.350. The molecule has 4 heteroatoms. The van der Waals surface area contributed by atoms with Crippen molar-refractivity contribution in [1.29, 1.82) is 0 Å². The third-order valence-corrected chi connectivity index (χ3v) is 4.52. The van der Waals surface area contributed by atoms with Crippen molar-refractivity contribution in [2.75, 3.05) is 13.2 Å². The summed E-state index contributed by atoms with van der Waals surface area (Å²) in [6, 6.07) is 16.1. The molecule has 3 rings (SSSR count). The fourth-order valence-electron chi connectivity index (χ4n) is 3.26. The van der Waals surface area contributed by atoms with E-state index in [1.165, 1.54) is 16.7 Å². The number of carbonyl (C=O) groups excluding carboxylic acids is 1. The SMILES string of the molecule is Cc1cccc(OCCCN2Cc3ccccc3CC2C(N)=O)c1. The normalized spacial score (nSPS) is 17.3. The number of hydrogen-bond acceptors (Lipinski definition) is 3. The van der Waals surface area contributed by atoms with Crippen LogP contribution in [-0.4, -0.2) is 30.0 Å². The second-order valence-corrected chi connectivity index (χ2v) is 6.38. The molecule has 1 heterocycles. The first-order valence-electron chi connectivity index (χ1n) is 8.43. The van der Waals surface area contributed by atoms with Crippen molar-refractivity contribution < 1.29 is 9.53 Å². The van der Waals surface area contributed by atoms with Gasteiger partial charge >= 0.3 is 0 Å². The third kappa shape index (κ3) is 3.95. The van der Waals surface area contributed by atoms with E-state index in [-0.39, 0.29) is 11.9 Å². The topological polar surface area (TPSA) is 55.6 Å². The quantitative estimate of drug-likeness (QED) is 0.831. The highest BCUT2D eigenvalue weighted by Crippen LogP contribution is 2.23. The van der Waals surface area contributed by atoms with Gasteiger partial charge in [-0.15, -0.1) is 0 Å². The Hall–Kier alpha value is -2.33. The second kappa shape index (κ2) is 7.49. The first-order chi connectivity index (χ1) is 11.6. The maximum atomic E-state index is 11.8. The van der Waals surface area contributed by atoms with Gasteiger partial charge in [-0.25, -0.2) is 0 Å². The van der Waals surface area contributed by atoms with Gasteiger partial charge in [0.25, 0.3) is 0 Å². The summed E-state index contributed by atoms with van der Waals surface area (Å²) in [6.07, 6.45) is 1.56. The molecule has 0 saturated heterocycles. The predicted octanol–water partition coefficient (Wildman–Crippen LogP) is 2.68. The minimum atomic E-state index is -0.246. The number of nitrogens with two attached hydrogens (primary N) is 1. The van der Waals surface area contributed by atoms with Crippen LogP contribution in [0.3, 0.4) is 0 Å². The summed E-state index contributed by atoms with van der Waals surface area (Å²) in [5.74, 6) is 0.648. The smallest absolute Gasteiger partial charge is 0.235 e. The summed E-state index contributed by atoms with van der Waals surface area (Å²) >= 11 is 0. The Morgan fingerprint density at radius 1 is 1.21 bits per heavy atom. The lowest BCUT2D eigenvalue weighted by molar-refractivity contribution is -0.123. The molecule has 0 spiro atoms. The Morgan fingerprint density at radius 2 is 2.00 bits per heavy atom. The number of hydrogen-bond donors (Lipinski definition) is 1. The van der Waals surface area contributed by atoms with Gasteiger partial charge in [0, 0.05) is 13.1 Å². The highest BCUT2D eigenvalue weighted by Gasteiger charge is 2.29. The molecule has 2 aromatic rings. The number of rotatable bonds is 6. The molecule has 1 aliphatic rings. The van der Waals surface area contributed by atoms with Crippen LogP contribution in [0.1, 0.15) is 23.1 Å². The van der Waals surface area contributed by atoms with Crippen molar-refractivity contribution in [3.8, 4) is 5.75 Å². The lowest BCUT2D eigenvalue weighted by atomic mass is 9.93. The zero-order chi connectivity index (χ0) is 16.9. The largest absolute Gasteiger partial charge is 0.494 e. The highest BCUT2D eigenvalue weighted by molar-refractivity contribution is 5.80. The van der Waals surface area contributed by atoms with Crippen LogP contribution in [0.25, 0.3) is 0 Å². The monoisotopic (exact) mass is 324 g/mol. The van der Waals surface area contributed by atoms with Crippen LogP contribution in [0.5, 0.6) is 5.75 Å². The van der Waals surface area contributed by atoms with Gasteiger partial charge in [0.2, 0.25) is 5.91 Å². The van der Waals surface area contributed by atoms with Gasteiger partial charge in [0.1, 0.15) is 5.75 Å². The standard InChI is InChI=1S/C20H24N2O2/c1-15-6-4-9-18(12-15)24-11-5-10-22-14-17-8-3-2-7-16(17)13-19(22)20(21)23/h2-4,6-9,12,19H,5,10-11,13-14H2,1H3,(H2,21,23). The summed E-state index contributed by atoms with van der Waals surface area (Å²) in [6.45, 7) is 4.25. The van der Waals surface area contributed by atoms with Gasteiger partial charge < -0.3 is 10.5 Å². The van der Waals surface area contributed by atoms with Gasteiger partial charge in [0.15, 0.2) is 0 Å². The lowest BCUT2D eigenvalue weighted by Crippen LogP contribution is -2.49. The summed E-state index contributed by atoms with van der Waals surface area (Å²) in [5.41, 5.74) is 9.32. The molecule has 1 amide bonds. The van der Waals surface area contributed by atoms with Crippen LogP contribution in [0.2, 0.25) is 0 Å². The van der Waals surface area contributed by atoms with E-state index in [1.807, 2.05) is 30.3 Å². The maximum Gasteiger partial charge on any atom is 0.235 e. The molecule has 0 aliphatic carbocycles. The van der Waals surface area contributed by atoms with Crippen LogP contribution in [-0.2, 0) is 17.8 Å². The summed E-state index contributed by atoms with van der Waals surface area (Å²) < 4.78 is 5.80. The summed E-state index contributed by atoms with van der Waals surface area (Å²) in [5, 5.41) is 0. The first-order valence-corrected chi connectivity index (χ1v) is 8.43. The van der Waals surface area contributed by atoms with Crippen molar-refractivity contribution in [3.63, 3.8) is 0 Å². The molecule has 24 heavy (non-hydrogen) atoms. The number of amides is 1. The van der Waals surface area contributed by atoms with Crippen LogP contribution in [0.15, 0.2) is 48.5 Å². The van der Waals surface area contributed by atoms with Crippen molar-refractivity contribution in [2.45, 2.75) is 32.4 Å². The first kappa shape index (κ1) is 16.5. The number of fused-ring (bicyclic) bond motifs is 1. The molecule has 0 saturated carbocycles. The molecule has 2 N–H and O–H groups in total. The number of nitrogens with zero attached hydrogens (tertiary/aromatic N) is 1.